The minimum atomic E-state index is -1.50. The van der Waals surface area contributed by atoms with Gasteiger partial charge in [-0.3, -0.25) is 0 Å². The standard InChI is InChI=1S/C25H27ClN6.C3H8O2/c26-23-21-9-10-32(24(21)30-15-29-23)20-8-6-16(11-20)1-2-17-5-7-19-14-28-25(31-22(19)12-17)27-13-18-3-4-18;1-3(2,4)5/h5,7,9-10,12,14-16,18,20H,1-4,6,8,11,13H2,(H,27,28,31);4-5H,1-2H3. The van der Waals surface area contributed by atoms with Gasteiger partial charge in [-0.1, -0.05) is 23.7 Å². The lowest BCUT2D eigenvalue weighted by atomic mass is 9.97. The number of aromatic nitrogens is 5. The van der Waals surface area contributed by atoms with Crippen molar-refractivity contribution in [1.82, 2.24) is 24.5 Å². The van der Waals surface area contributed by atoms with Crippen molar-refractivity contribution in [2.45, 2.75) is 70.6 Å². The van der Waals surface area contributed by atoms with Crippen molar-refractivity contribution in [1.29, 1.82) is 0 Å². The number of halogens is 1. The van der Waals surface area contributed by atoms with E-state index in [1.54, 1.807) is 6.33 Å². The molecule has 2 fully saturated rings. The first-order valence-corrected chi connectivity index (χ1v) is 13.5. The van der Waals surface area contributed by atoms with Gasteiger partial charge in [-0.25, -0.2) is 19.9 Å². The fourth-order valence-electron chi connectivity index (χ4n) is 5.04. The molecule has 1 aromatic carbocycles. The summed E-state index contributed by atoms with van der Waals surface area (Å²) in [6.07, 6.45) is 14.2. The molecule has 8 nitrogen and oxygen atoms in total. The molecule has 2 aliphatic carbocycles. The Balaban J connectivity index is 0.000000514. The van der Waals surface area contributed by atoms with E-state index in [9.17, 15) is 0 Å². The van der Waals surface area contributed by atoms with Gasteiger partial charge in [0.05, 0.1) is 10.9 Å². The van der Waals surface area contributed by atoms with Gasteiger partial charge in [0.2, 0.25) is 5.95 Å². The molecule has 3 N–H and O–H groups in total. The molecule has 196 valence electrons. The third kappa shape index (κ3) is 6.94. The molecule has 0 aliphatic heterocycles. The number of nitrogens with one attached hydrogen (secondary N) is 1. The summed E-state index contributed by atoms with van der Waals surface area (Å²) in [7, 11) is 0. The first kappa shape index (κ1) is 25.8. The molecule has 3 aromatic heterocycles. The molecule has 0 spiro atoms. The predicted molar refractivity (Wildman–Crippen MR) is 147 cm³/mol. The highest BCUT2D eigenvalue weighted by Crippen LogP contribution is 2.39. The third-order valence-electron chi connectivity index (χ3n) is 7.10. The van der Waals surface area contributed by atoms with Crippen molar-refractivity contribution in [3.05, 3.63) is 53.7 Å². The van der Waals surface area contributed by atoms with Crippen LogP contribution in [0.1, 0.15) is 64.0 Å². The van der Waals surface area contributed by atoms with Crippen LogP contribution < -0.4 is 5.32 Å². The average Bonchev–Trinajstić information content (AvgIpc) is 3.38. The molecule has 0 radical (unpaired) electrons. The zero-order valence-corrected chi connectivity index (χ0v) is 22.2. The lowest BCUT2D eigenvalue weighted by Gasteiger charge is -2.14. The van der Waals surface area contributed by atoms with E-state index >= 15 is 0 Å². The van der Waals surface area contributed by atoms with Crippen LogP contribution in [-0.2, 0) is 6.42 Å². The van der Waals surface area contributed by atoms with E-state index in [-0.39, 0.29) is 0 Å². The molecule has 0 bridgehead atoms. The van der Waals surface area contributed by atoms with E-state index in [2.05, 4.69) is 49.2 Å². The van der Waals surface area contributed by atoms with Gasteiger partial charge in [0.1, 0.15) is 17.1 Å². The number of nitrogens with zero attached hydrogens (tertiary/aromatic N) is 5. The molecular formula is C28H35ClN6O2. The Kier molecular flexibility index (Phi) is 7.60. The van der Waals surface area contributed by atoms with Crippen LogP contribution >= 0.6 is 11.6 Å². The van der Waals surface area contributed by atoms with Crippen molar-refractivity contribution in [2.24, 2.45) is 11.8 Å². The number of fused-ring (bicyclic) bond motifs is 2. The molecule has 4 aromatic rings. The molecule has 2 atom stereocenters. The predicted octanol–water partition coefficient (Wildman–Crippen LogP) is 5.53. The minimum Gasteiger partial charge on any atom is -0.366 e. The zero-order valence-electron chi connectivity index (χ0n) is 21.4. The molecular weight excluding hydrogens is 488 g/mol. The lowest BCUT2D eigenvalue weighted by molar-refractivity contribution is -0.127. The highest BCUT2D eigenvalue weighted by molar-refractivity contribution is 6.33. The second-order valence-electron chi connectivity index (χ2n) is 10.9. The van der Waals surface area contributed by atoms with E-state index in [1.165, 1.54) is 57.9 Å². The SMILES string of the molecule is CC(C)(O)O.Clc1ncnc2c1ccn2C1CCC(CCc2ccc3cnc(NCC4CC4)nc3c2)C1. The summed E-state index contributed by atoms with van der Waals surface area (Å²) in [6.45, 7) is 3.59. The van der Waals surface area contributed by atoms with E-state index in [1.807, 2.05) is 12.3 Å². The summed E-state index contributed by atoms with van der Waals surface area (Å²) in [4.78, 5) is 17.8. The molecule has 2 saturated carbocycles. The lowest BCUT2D eigenvalue weighted by Crippen LogP contribution is -2.15. The van der Waals surface area contributed by atoms with Gasteiger partial charge in [0.25, 0.3) is 0 Å². The van der Waals surface area contributed by atoms with Crippen LogP contribution in [0, 0.1) is 11.8 Å². The fourth-order valence-corrected chi connectivity index (χ4v) is 5.23. The molecule has 2 unspecified atom stereocenters. The van der Waals surface area contributed by atoms with E-state index in [0.717, 1.165) is 52.7 Å². The van der Waals surface area contributed by atoms with Gasteiger partial charge in [-0.2, -0.15) is 0 Å². The zero-order chi connectivity index (χ0) is 26.0. The number of rotatable bonds is 7. The largest absolute Gasteiger partial charge is 0.366 e. The van der Waals surface area contributed by atoms with Crippen LogP contribution in [0.15, 0.2) is 43.0 Å². The molecule has 0 amide bonds. The summed E-state index contributed by atoms with van der Waals surface area (Å²) < 4.78 is 2.30. The normalized spacial score (nSPS) is 19.7. The summed E-state index contributed by atoms with van der Waals surface area (Å²) in [5.41, 5.74) is 3.35. The summed E-state index contributed by atoms with van der Waals surface area (Å²) in [5.74, 6) is 0.791. The van der Waals surface area contributed by atoms with Gasteiger partial charge in [-0.15, -0.1) is 0 Å². The number of anilines is 1. The van der Waals surface area contributed by atoms with Crippen molar-refractivity contribution in [3.8, 4) is 0 Å². The van der Waals surface area contributed by atoms with Gasteiger partial charge in [0.15, 0.2) is 5.79 Å². The maximum absolute atomic E-state index is 8.08. The minimum absolute atomic E-state index is 0.493. The maximum Gasteiger partial charge on any atom is 0.223 e. The van der Waals surface area contributed by atoms with E-state index < -0.39 is 5.79 Å². The first-order valence-electron chi connectivity index (χ1n) is 13.1. The highest BCUT2D eigenvalue weighted by Gasteiger charge is 2.27. The van der Waals surface area contributed by atoms with Crippen LogP contribution in [-0.4, -0.2) is 47.0 Å². The molecule has 2 aliphatic rings. The number of aliphatic hydroxyl groups is 2. The summed E-state index contributed by atoms with van der Waals surface area (Å²) >= 11 is 6.23. The Morgan fingerprint density at radius 3 is 2.62 bits per heavy atom. The second-order valence-corrected chi connectivity index (χ2v) is 11.3. The van der Waals surface area contributed by atoms with Crippen LogP contribution in [0.3, 0.4) is 0 Å². The van der Waals surface area contributed by atoms with E-state index in [4.69, 9.17) is 26.8 Å². The van der Waals surface area contributed by atoms with Gasteiger partial charge < -0.3 is 20.1 Å². The summed E-state index contributed by atoms with van der Waals surface area (Å²) in [6, 6.07) is 9.16. The quantitative estimate of drug-likeness (QED) is 0.216. The fraction of sp³-hybridized carbons (Fsp3) is 0.500. The van der Waals surface area contributed by atoms with Crippen molar-refractivity contribution >= 4 is 39.5 Å². The monoisotopic (exact) mass is 522 g/mol. The topological polar surface area (TPSA) is 109 Å². The van der Waals surface area contributed by atoms with Gasteiger partial charge in [-0.05, 0) is 88.3 Å². The molecule has 9 heteroatoms. The second kappa shape index (κ2) is 10.9. The van der Waals surface area contributed by atoms with E-state index in [0.29, 0.717) is 11.2 Å². The van der Waals surface area contributed by atoms with Crippen LogP contribution in [0.4, 0.5) is 5.95 Å². The molecule has 0 saturated heterocycles. The summed E-state index contributed by atoms with van der Waals surface area (Å²) in [5, 5.41) is 22.1. The third-order valence-corrected chi connectivity index (χ3v) is 7.40. The van der Waals surface area contributed by atoms with Crippen molar-refractivity contribution in [2.75, 3.05) is 11.9 Å². The molecule has 6 rings (SSSR count). The molecule has 3 heterocycles. The Morgan fingerprint density at radius 2 is 1.84 bits per heavy atom. The maximum atomic E-state index is 8.08. The van der Waals surface area contributed by atoms with Crippen LogP contribution in [0.2, 0.25) is 5.15 Å². The Morgan fingerprint density at radius 1 is 1.05 bits per heavy atom. The van der Waals surface area contributed by atoms with Gasteiger partial charge in [0, 0.05) is 30.4 Å². The van der Waals surface area contributed by atoms with Crippen LogP contribution in [0.25, 0.3) is 21.9 Å². The average molecular weight is 523 g/mol. The Bertz CT molecular complexity index is 1360. The van der Waals surface area contributed by atoms with Crippen molar-refractivity contribution in [3.63, 3.8) is 0 Å². The number of benzene rings is 1. The van der Waals surface area contributed by atoms with Crippen molar-refractivity contribution < 1.29 is 10.2 Å². The Labute approximate surface area is 222 Å². The highest BCUT2D eigenvalue weighted by atomic mass is 35.5. The van der Waals surface area contributed by atoms with Gasteiger partial charge >= 0.3 is 0 Å². The number of hydrogen-bond donors (Lipinski definition) is 3. The first-order chi connectivity index (χ1) is 17.7. The smallest absolute Gasteiger partial charge is 0.223 e. The van der Waals surface area contributed by atoms with Crippen LogP contribution in [0.5, 0.6) is 0 Å². The number of aryl methyl sites for hydroxylation is 1. The number of hydrogen-bond acceptors (Lipinski definition) is 7. The molecule has 37 heavy (non-hydrogen) atoms. The Hall–Kier alpha value is -2.81.